The zero-order valence-corrected chi connectivity index (χ0v) is 81.4. The van der Waals surface area contributed by atoms with Gasteiger partial charge in [-0.05, 0) is 154 Å². The number of hydrogen-bond donors (Lipinski definition) is 0. The second-order valence-electron chi connectivity index (χ2n) is 28.9. The average molecular weight is 2020 g/mol. The average Bonchev–Trinajstić information content (AvgIpc) is 1.61. The summed E-state index contributed by atoms with van der Waals surface area (Å²) in [4.78, 5) is 1.65. The summed E-state index contributed by atoms with van der Waals surface area (Å²) >= 11 is 6.65. The molecule has 19 rings (SSSR count). The van der Waals surface area contributed by atoms with Gasteiger partial charge >= 0.3 is 15.2 Å². The van der Waals surface area contributed by atoms with Crippen LogP contribution in [0.25, 0.3) is 75.8 Å². The first-order chi connectivity index (χ1) is 65.2. The van der Waals surface area contributed by atoms with Gasteiger partial charge in [-0.15, -0.1) is 22.7 Å². The Balaban J connectivity index is 0.000000196. The maximum Gasteiger partial charge on any atom is 0.339 e. The van der Waals surface area contributed by atoms with Gasteiger partial charge in [0.1, 0.15) is 11.3 Å². The normalized spacial score (nSPS) is 10.7. The molecule has 0 aliphatic carbocycles. The van der Waals surface area contributed by atoms with Gasteiger partial charge < -0.3 is 18.1 Å². The first-order valence-corrected chi connectivity index (χ1v) is 49.3. The van der Waals surface area contributed by atoms with Crippen LogP contribution in [0.15, 0.2) is 484 Å². The van der Waals surface area contributed by atoms with Gasteiger partial charge in [0, 0.05) is 60.4 Å². The minimum absolute atomic E-state index is 0. The van der Waals surface area contributed by atoms with Crippen molar-refractivity contribution >= 4 is 74.0 Å². The fourth-order valence-corrected chi connectivity index (χ4v) is 22.1. The molecular weight excluding hydrogens is 1910 g/mol. The fourth-order valence-electron chi connectivity index (χ4n) is 13.5. The van der Waals surface area contributed by atoms with Gasteiger partial charge in [-0.2, -0.15) is 146 Å². The summed E-state index contributed by atoms with van der Waals surface area (Å²) in [5.41, 5.74) is 11.9. The van der Waals surface area contributed by atoms with Crippen molar-refractivity contribution in [3.63, 3.8) is 0 Å². The molecule has 2 unspecified atom stereocenters. The third-order valence-electron chi connectivity index (χ3n) is 19.6. The van der Waals surface area contributed by atoms with E-state index in [-0.39, 0.29) is 67.1 Å². The molecule has 0 aliphatic heterocycles. The summed E-state index contributed by atoms with van der Waals surface area (Å²) in [6.45, 7) is 7.88. The number of hydrogen-bond acceptors (Lipinski definition) is 8. The molecule has 0 bridgehead atoms. The van der Waals surface area contributed by atoms with E-state index in [1.165, 1.54) is 79.3 Å². The van der Waals surface area contributed by atoms with E-state index in [0.717, 1.165) is 69.8 Å². The van der Waals surface area contributed by atoms with Crippen molar-refractivity contribution in [2.75, 3.05) is 26.4 Å². The molecule has 17 aromatic carbocycles. The third kappa shape index (κ3) is 36.2. The van der Waals surface area contributed by atoms with Crippen LogP contribution in [-0.4, -0.2) is 26.4 Å². The Bertz CT molecular complexity index is 5750. The van der Waals surface area contributed by atoms with E-state index in [4.69, 9.17) is 18.1 Å². The number of thiophene rings is 2. The number of fused-ring (bicyclic) bond motifs is 2. The number of halogens is 5. The first-order valence-electron chi connectivity index (χ1n) is 43.7. The van der Waals surface area contributed by atoms with E-state index < -0.39 is 49.8 Å². The number of benzene rings is 17. The second kappa shape index (κ2) is 61.7. The summed E-state index contributed by atoms with van der Waals surface area (Å²) in [5, 5.41) is 2.04. The molecule has 0 saturated carbocycles. The van der Waals surface area contributed by atoms with Gasteiger partial charge in [0.2, 0.25) is 0 Å². The standard InChI is InChI=1S/C26H25F2O3PS.C20H20BrF2O3PS.4C12H10.4C6H5.CH4.Pd/c1-3-30-32(29,31-4-2)23(17-18-14-15-21(27)22(28)16-18)26-25(19-10-6-5-7-11-19)20-12-8-9-13-24(20)33-26;1-3-25-27(24,26-4-2)17(12-13-9-10-15(22)16(23)11-13)20-19(21)14-7-5-6-8-18(14)28-20;4*1-3-7-11(8-4-1)12-9-5-2-6-10-12;4*1-2-4-6-5-3-1;;/h5-16,23H,3-4,17H2,1-2H3;5-11,17H,3-4,12H2,1-2H3;4*1-10H;4*1-5H;1H4;/q;;;;;;4*-1;;. The fraction of sp³-hybridized carbons (Fsp3) is 0.109. The Labute approximate surface area is 825 Å². The molecule has 0 aliphatic rings. The van der Waals surface area contributed by atoms with Crippen LogP contribution in [0.2, 0.25) is 0 Å². The minimum Gasteiger partial charge on any atom is -0.308 e. The van der Waals surface area contributed by atoms with Crippen LogP contribution in [0.3, 0.4) is 0 Å². The van der Waals surface area contributed by atoms with Crippen LogP contribution in [-0.2, 0) is 60.5 Å². The summed E-state index contributed by atoms with van der Waals surface area (Å²) in [5.74, 6) is -3.70. The molecular formula is C119H109BrF4O6P2PdS2-4. The van der Waals surface area contributed by atoms with Gasteiger partial charge in [0.15, 0.2) is 23.3 Å². The molecule has 2 aromatic heterocycles. The van der Waals surface area contributed by atoms with Crippen molar-refractivity contribution in [3.05, 3.63) is 552 Å². The molecule has 2 atom stereocenters. The zero-order chi connectivity index (χ0) is 93.6. The van der Waals surface area contributed by atoms with Crippen molar-refractivity contribution in [2.45, 2.75) is 59.3 Å². The van der Waals surface area contributed by atoms with E-state index in [2.05, 4.69) is 234 Å². The van der Waals surface area contributed by atoms with Crippen molar-refractivity contribution in [2.24, 2.45) is 0 Å². The van der Waals surface area contributed by atoms with Crippen LogP contribution in [0.1, 0.15) is 67.3 Å². The Morgan fingerprint density at radius 2 is 0.489 bits per heavy atom. The van der Waals surface area contributed by atoms with Crippen LogP contribution in [0.4, 0.5) is 17.6 Å². The predicted molar refractivity (Wildman–Crippen MR) is 559 cm³/mol. The van der Waals surface area contributed by atoms with Crippen molar-refractivity contribution in [3.8, 4) is 55.6 Å². The number of rotatable bonds is 21. The van der Waals surface area contributed by atoms with Gasteiger partial charge in [0.05, 0.1) is 26.4 Å². The Kier molecular flexibility index (Phi) is 49.4. The molecule has 135 heavy (non-hydrogen) atoms. The van der Waals surface area contributed by atoms with E-state index >= 15 is 0 Å². The monoisotopic (exact) mass is 2020 g/mol. The Hall–Kier alpha value is -12.2. The smallest absolute Gasteiger partial charge is 0.308 e. The molecule has 692 valence electrons. The molecule has 6 nitrogen and oxygen atoms in total. The van der Waals surface area contributed by atoms with E-state index in [0.29, 0.717) is 11.1 Å². The van der Waals surface area contributed by atoms with Crippen LogP contribution >= 0.6 is 53.8 Å². The minimum atomic E-state index is -3.65. The summed E-state index contributed by atoms with van der Waals surface area (Å²) in [6, 6.07) is 166. The molecule has 0 radical (unpaired) electrons. The van der Waals surface area contributed by atoms with Crippen LogP contribution < -0.4 is 0 Å². The van der Waals surface area contributed by atoms with Gasteiger partial charge in [-0.25, -0.2) is 17.6 Å². The molecule has 0 fully saturated rings. The molecule has 2 heterocycles. The molecule has 0 N–H and O–H groups in total. The van der Waals surface area contributed by atoms with Crippen molar-refractivity contribution in [1.82, 2.24) is 0 Å². The summed E-state index contributed by atoms with van der Waals surface area (Å²) < 4.78 is 108. The van der Waals surface area contributed by atoms with Crippen LogP contribution in [0, 0.1) is 47.5 Å². The van der Waals surface area contributed by atoms with Crippen molar-refractivity contribution in [1.29, 1.82) is 0 Å². The maximum atomic E-state index is 14.1. The molecule has 0 saturated heterocycles. The largest absolute Gasteiger partial charge is 0.339 e. The molecule has 16 heteroatoms. The summed E-state index contributed by atoms with van der Waals surface area (Å²) in [6.07, 6.45) is 0.376. The molecule has 0 spiro atoms. The van der Waals surface area contributed by atoms with Gasteiger partial charge in [0.25, 0.3) is 0 Å². The van der Waals surface area contributed by atoms with Crippen LogP contribution in [0.5, 0.6) is 0 Å². The van der Waals surface area contributed by atoms with Gasteiger partial charge in [-0.1, -0.05) is 329 Å². The Morgan fingerprint density at radius 3 is 0.719 bits per heavy atom. The van der Waals surface area contributed by atoms with Gasteiger partial charge in [-0.3, -0.25) is 9.13 Å². The summed E-state index contributed by atoms with van der Waals surface area (Å²) in [7, 11) is -7.21. The quantitative estimate of drug-likeness (QED) is 0.0309. The third-order valence-corrected chi connectivity index (χ3v) is 28.5. The maximum absolute atomic E-state index is 14.1. The molecule has 0 amide bonds. The molecule has 19 aromatic rings. The topological polar surface area (TPSA) is 71.1 Å². The van der Waals surface area contributed by atoms with E-state index in [1.807, 2.05) is 249 Å². The second-order valence-corrected chi connectivity index (χ2v) is 36.3. The predicted octanol–water partition coefficient (Wildman–Crippen LogP) is 35.9. The van der Waals surface area contributed by atoms with E-state index in [9.17, 15) is 26.7 Å². The van der Waals surface area contributed by atoms with Crippen molar-refractivity contribution < 1.29 is 65.2 Å². The van der Waals surface area contributed by atoms with E-state index in [1.54, 1.807) is 27.7 Å². The SMILES string of the molecule is C.CCOP(=O)(OCC)C(Cc1ccc(F)c(F)c1)c1sc2ccccc2c1-c1ccccc1.CCOP(=O)(OCC)C(Cc1ccc(F)c(F)c1)c1sc2ccccc2c1Br.[Pd].[c-]1ccccc1.[c-]1ccccc1.[c-]1ccccc1.[c-]1ccccc1.c1ccc(-c2ccccc2)cc1.c1ccc(-c2ccccc2)cc1.c1ccc(-c2ccccc2)cc1.c1ccc(-c2ccccc2)cc1. The first kappa shape index (κ1) is 108. The Morgan fingerprint density at radius 1 is 0.274 bits per heavy atom. The zero-order valence-electron chi connectivity index (χ0n) is 74.9.